The molecule has 2 saturated carbocycles. The van der Waals surface area contributed by atoms with Gasteiger partial charge in [0.1, 0.15) is 11.4 Å². The summed E-state index contributed by atoms with van der Waals surface area (Å²) in [6, 6.07) is 7.29. The Morgan fingerprint density at radius 2 is 2.00 bits per heavy atom. The molecule has 5 heteroatoms. The fourth-order valence-electron chi connectivity index (χ4n) is 3.53. The Kier molecular flexibility index (Phi) is 2.22. The van der Waals surface area contributed by atoms with E-state index in [1.807, 2.05) is 38.1 Å². The number of halogens is 2. The lowest BCUT2D eigenvalue weighted by Crippen LogP contribution is -2.50. The topological polar surface area (TPSA) is 29.5 Å². The van der Waals surface area contributed by atoms with Crippen LogP contribution in [0.15, 0.2) is 24.3 Å². The molecule has 0 saturated heterocycles. The van der Waals surface area contributed by atoms with Gasteiger partial charge in [-0.25, -0.2) is 8.78 Å². The smallest absolute Gasteiger partial charge is 0.255 e. The summed E-state index contributed by atoms with van der Waals surface area (Å²) in [6.07, 6.45) is 0.185. The Morgan fingerprint density at radius 1 is 1.33 bits per heavy atom. The highest BCUT2D eigenvalue weighted by Gasteiger charge is 2.85. The summed E-state index contributed by atoms with van der Waals surface area (Å²) in [5.74, 6) is -2.72. The molecule has 21 heavy (non-hydrogen) atoms. The molecule has 1 amide bonds. The van der Waals surface area contributed by atoms with Crippen LogP contribution in [0.1, 0.15) is 26.7 Å². The van der Waals surface area contributed by atoms with Crippen LogP contribution in [0.25, 0.3) is 0 Å². The predicted molar refractivity (Wildman–Crippen MR) is 73.6 cm³/mol. The Hall–Kier alpha value is -1.65. The van der Waals surface area contributed by atoms with E-state index in [4.69, 9.17) is 4.74 Å². The van der Waals surface area contributed by atoms with Crippen molar-refractivity contribution in [2.75, 3.05) is 11.4 Å². The number of hydrogen-bond donors (Lipinski definition) is 0. The largest absolute Gasteiger partial charge is 0.484 e. The van der Waals surface area contributed by atoms with E-state index >= 15 is 0 Å². The molecule has 0 aromatic heterocycles. The van der Waals surface area contributed by atoms with Crippen molar-refractivity contribution in [1.29, 1.82) is 0 Å². The molecule has 1 aliphatic heterocycles. The molecule has 3 nitrogen and oxygen atoms in total. The van der Waals surface area contributed by atoms with Gasteiger partial charge in [-0.3, -0.25) is 4.79 Å². The number of anilines is 1. The minimum Gasteiger partial charge on any atom is -0.484 e. The van der Waals surface area contributed by atoms with E-state index < -0.39 is 22.9 Å². The van der Waals surface area contributed by atoms with E-state index in [0.717, 1.165) is 0 Å². The predicted octanol–water partition coefficient (Wildman–Crippen LogP) is 3.24. The molecule has 2 fully saturated rings. The van der Waals surface area contributed by atoms with Crippen LogP contribution < -0.4 is 9.64 Å². The van der Waals surface area contributed by atoms with Gasteiger partial charge in [0.2, 0.25) is 5.91 Å². The molecule has 0 N–H and O–H groups in total. The minimum atomic E-state index is -2.64. The summed E-state index contributed by atoms with van der Waals surface area (Å²) >= 11 is 0. The first-order valence-electron chi connectivity index (χ1n) is 7.23. The van der Waals surface area contributed by atoms with Crippen molar-refractivity contribution in [3.05, 3.63) is 24.3 Å². The fraction of sp³-hybridized carbons (Fsp3) is 0.562. The van der Waals surface area contributed by atoms with Gasteiger partial charge >= 0.3 is 0 Å². The quantitative estimate of drug-likeness (QED) is 0.795. The summed E-state index contributed by atoms with van der Waals surface area (Å²) in [5.41, 5.74) is -0.854. The van der Waals surface area contributed by atoms with E-state index in [-0.39, 0.29) is 12.3 Å². The number of rotatable bonds is 1. The Morgan fingerprint density at radius 3 is 2.62 bits per heavy atom. The summed E-state index contributed by atoms with van der Waals surface area (Å²) in [5, 5.41) is 0. The third-order valence-electron chi connectivity index (χ3n) is 4.86. The molecule has 1 spiro atoms. The molecule has 112 valence electrons. The molecule has 2 atom stereocenters. The van der Waals surface area contributed by atoms with E-state index in [0.29, 0.717) is 24.4 Å². The molecular weight excluding hydrogens is 276 g/mol. The van der Waals surface area contributed by atoms with Gasteiger partial charge in [0.15, 0.2) is 0 Å². The van der Waals surface area contributed by atoms with Gasteiger partial charge in [0, 0.05) is 6.42 Å². The highest BCUT2D eigenvalue weighted by molar-refractivity contribution is 5.99. The summed E-state index contributed by atoms with van der Waals surface area (Å²) in [7, 11) is 0. The molecule has 0 bridgehead atoms. The van der Waals surface area contributed by atoms with Gasteiger partial charge in [-0.05, 0) is 32.4 Å². The van der Waals surface area contributed by atoms with Crippen molar-refractivity contribution >= 4 is 11.6 Å². The maximum atomic E-state index is 13.4. The zero-order valence-electron chi connectivity index (χ0n) is 12.0. The highest BCUT2D eigenvalue weighted by atomic mass is 19.3. The first-order chi connectivity index (χ1) is 9.76. The number of carbonyl (C=O) groups excluding carboxylic acids is 1. The number of fused-ring (bicyclic) bond motifs is 1. The fourth-order valence-corrected chi connectivity index (χ4v) is 3.53. The molecule has 0 radical (unpaired) electrons. The average Bonchev–Trinajstić information content (AvgIpc) is 3.23. The zero-order chi connectivity index (χ0) is 15.0. The van der Waals surface area contributed by atoms with Crippen molar-refractivity contribution in [1.82, 2.24) is 0 Å². The lowest BCUT2D eigenvalue weighted by Gasteiger charge is -2.39. The van der Waals surface area contributed by atoms with Crippen LogP contribution in [0.2, 0.25) is 0 Å². The number of amides is 1. The second-order valence-corrected chi connectivity index (χ2v) is 7.05. The summed E-state index contributed by atoms with van der Waals surface area (Å²) in [6.45, 7) is 4.19. The third-order valence-corrected chi connectivity index (χ3v) is 4.86. The summed E-state index contributed by atoms with van der Waals surface area (Å²) in [4.78, 5) is 14.3. The molecule has 2 unspecified atom stereocenters. The van der Waals surface area contributed by atoms with Crippen molar-refractivity contribution in [3.63, 3.8) is 0 Å². The molecule has 1 aromatic carbocycles. The van der Waals surface area contributed by atoms with E-state index in [9.17, 15) is 13.6 Å². The molecule has 3 aliphatic rings. The first kappa shape index (κ1) is 13.0. The second-order valence-electron chi connectivity index (χ2n) is 7.05. The lowest BCUT2D eigenvalue weighted by atomic mass is 10.0. The number of nitrogens with zero attached hydrogens (tertiary/aromatic N) is 1. The number of alkyl halides is 2. The molecule has 2 aliphatic carbocycles. The van der Waals surface area contributed by atoms with Gasteiger partial charge in [0.05, 0.1) is 23.6 Å². The van der Waals surface area contributed by atoms with Gasteiger partial charge < -0.3 is 9.64 Å². The normalized spacial score (nSPS) is 34.1. The Bertz CT molecular complexity index is 643. The van der Waals surface area contributed by atoms with Crippen molar-refractivity contribution < 1.29 is 18.3 Å². The van der Waals surface area contributed by atoms with Gasteiger partial charge in [0.25, 0.3) is 5.92 Å². The molecular formula is C16H17F2NO2. The lowest BCUT2D eigenvalue weighted by molar-refractivity contribution is -0.121. The molecule has 4 rings (SSSR count). The van der Waals surface area contributed by atoms with Crippen LogP contribution in [-0.2, 0) is 4.79 Å². The van der Waals surface area contributed by atoms with Gasteiger partial charge in [-0.15, -0.1) is 0 Å². The standard InChI is InChI=1S/C16H17F2NO2/c1-14(2)9-19(11-5-3-4-6-12(11)21-14)13(20)10-7-15(10)8-16(15,17)18/h3-6,10H,7-9H2,1-2H3. The number of ether oxygens (including phenoxy) is 1. The van der Waals surface area contributed by atoms with Crippen molar-refractivity contribution in [3.8, 4) is 5.75 Å². The molecule has 1 heterocycles. The molecule has 1 aromatic rings. The summed E-state index contributed by atoms with van der Waals surface area (Å²) < 4.78 is 32.7. The van der Waals surface area contributed by atoms with Crippen LogP contribution in [0.4, 0.5) is 14.5 Å². The van der Waals surface area contributed by atoms with Crippen LogP contribution in [0.3, 0.4) is 0 Å². The van der Waals surface area contributed by atoms with Crippen LogP contribution in [0, 0.1) is 11.3 Å². The number of para-hydroxylation sites is 2. The number of benzene rings is 1. The average molecular weight is 293 g/mol. The SMILES string of the molecule is CC1(C)CN(C(=O)C2CC23CC3(F)F)c2ccccc2O1. The van der Waals surface area contributed by atoms with Crippen molar-refractivity contribution in [2.45, 2.75) is 38.2 Å². The van der Waals surface area contributed by atoms with E-state index in [1.54, 1.807) is 4.90 Å². The zero-order valence-corrected chi connectivity index (χ0v) is 12.0. The minimum absolute atomic E-state index is 0.133. The number of hydrogen-bond acceptors (Lipinski definition) is 2. The maximum Gasteiger partial charge on any atom is 0.255 e. The third kappa shape index (κ3) is 1.72. The second kappa shape index (κ2) is 3.57. The maximum absolute atomic E-state index is 13.4. The Balaban J connectivity index is 1.65. The Labute approximate surface area is 121 Å². The highest BCUT2D eigenvalue weighted by Crippen LogP contribution is 2.79. The van der Waals surface area contributed by atoms with Crippen molar-refractivity contribution in [2.24, 2.45) is 11.3 Å². The van der Waals surface area contributed by atoms with Crippen LogP contribution >= 0.6 is 0 Å². The first-order valence-corrected chi connectivity index (χ1v) is 7.23. The van der Waals surface area contributed by atoms with Gasteiger partial charge in [-0.1, -0.05) is 12.1 Å². The van der Waals surface area contributed by atoms with E-state index in [1.165, 1.54) is 0 Å². The monoisotopic (exact) mass is 293 g/mol. The van der Waals surface area contributed by atoms with E-state index in [2.05, 4.69) is 0 Å². The van der Waals surface area contributed by atoms with Crippen LogP contribution in [0.5, 0.6) is 5.75 Å². The van der Waals surface area contributed by atoms with Gasteiger partial charge in [-0.2, -0.15) is 0 Å². The van der Waals surface area contributed by atoms with Crippen LogP contribution in [-0.4, -0.2) is 24.0 Å². The number of carbonyl (C=O) groups is 1.